The fourth-order valence-electron chi connectivity index (χ4n) is 3.55. The van der Waals surface area contributed by atoms with E-state index in [0.29, 0.717) is 50.6 Å². The average molecular weight is 409 g/mol. The molecule has 2 aliphatic rings. The Kier molecular flexibility index (Phi) is 5.60. The van der Waals surface area contributed by atoms with E-state index < -0.39 is 0 Å². The van der Waals surface area contributed by atoms with Crippen LogP contribution in [0.5, 0.6) is 0 Å². The largest absolute Gasteiger partial charge is 0.351 e. The van der Waals surface area contributed by atoms with E-state index in [1.165, 1.54) is 5.01 Å². The molecule has 0 aliphatic carbocycles. The molecule has 9 nitrogen and oxygen atoms in total. The van der Waals surface area contributed by atoms with Crippen molar-refractivity contribution >= 4 is 23.4 Å². The lowest BCUT2D eigenvalue weighted by Crippen LogP contribution is -2.52. The second kappa shape index (κ2) is 8.48. The van der Waals surface area contributed by atoms with Crippen LogP contribution in [-0.2, 0) is 16.1 Å². The smallest absolute Gasteiger partial charge is 0.292 e. The molecule has 3 amide bonds. The Hall–Kier alpha value is -3.49. The van der Waals surface area contributed by atoms with Crippen LogP contribution in [0, 0.1) is 6.92 Å². The van der Waals surface area contributed by atoms with Crippen LogP contribution in [0.15, 0.2) is 46.0 Å². The standard InChI is InChI=1S/C21H23N5O4/c1-15-13-18(30-23-15)21(29)25-11-9-24(10-12-25)20(28)17-7-8-19(27)26(22-17)14-16-5-3-2-4-6-16/h2-6,13H,7-12,14H2,1H3. The minimum absolute atomic E-state index is 0.0897. The van der Waals surface area contributed by atoms with Crippen LogP contribution >= 0.6 is 0 Å². The normalized spacial score (nSPS) is 17.2. The molecule has 2 aromatic rings. The predicted octanol–water partition coefficient (Wildman–Crippen LogP) is 1.45. The number of rotatable bonds is 4. The number of carbonyl (C=O) groups is 3. The number of hydrogen-bond donors (Lipinski definition) is 0. The molecule has 0 unspecified atom stereocenters. The number of aromatic nitrogens is 1. The summed E-state index contributed by atoms with van der Waals surface area (Å²) in [5, 5.41) is 9.46. The minimum atomic E-state index is -0.225. The Balaban J connectivity index is 1.38. The lowest BCUT2D eigenvalue weighted by atomic mass is 10.1. The van der Waals surface area contributed by atoms with Gasteiger partial charge in [-0.25, -0.2) is 5.01 Å². The van der Waals surface area contributed by atoms with E-state index in [1.54, 1.807) is 22.8 Å². The fraction of sp³-hybridized carbons (Fsp3) is 0.381. The van der Waals surface area contributed by atoms with Crippen molar-refractivity contribution < 1.29 is 18.9 Å². The summed E-state index contributed by atoms with van der Waals surface area (Å²) in [5.41, 5.74) is 1.99. The van der Waals surface area contributed by atoms with E-state index in [-0.39, 0.29) is 29.9 Å². The summed E-state index contributed by atoms with van der Waals surface area (Å²) in [4.78, 5) is 41.0. The maximum atomic E-state index is 12.9. The number of carbonyl (C=O) groups excluding carboxylic acids is 3. The third-order valence-corrected chi connectivity index (χ3v) is 5.22. The number of hydrazone groups is 1. The SMILES string of the molecule is Cc1cc(C(=O)N2CCN(C(=O)C3=NN(Cc4ccccc4)C(=O)CC3)CC2)on1. The van der Waals surface area contributed by atoms with Crippen molar-refractivity contribution in [3.63, 3.8) is 0 Å². The van der Waals surface area contributed by atoms with Crippen LogP contribution in [0.25, 0.3) is 0 Å². The van der Waals surface area contributed by atoms with Gasteiger partial charge in [0.05, 0.1) is 12.2 Å². The highest BCUT2D eigenvalue weighted by molar-refractivity contribution is 6.39. The molecule has 3 heterocycles. The van der Waals surface area contributed by atoms with Crippen molar-refractivity contribution in [3.8, 4) is 0 Å². The van der Waals surface area contributed by atoms with Crippen molar-refractivity contribution in [1.29, 1.82) is 0 Å². The Morgan fingerprint density at radius 2 is 1.67 bits per heavy atom. The molecule has 156 valence electrons. The number of benzene rings is 1. The Bertz CT molecular complexity index is 976. The van der Waals surface area contributed by atoms with Crippen LogP contribution in [0.1, 0.15) is 34.7 Å². The van der Waals surface area contributed by atoms with E-state index in [9.17, 15) is 14.4 Å². The molecule has 0 N–H and O–H groups in total. The molecule has 1 fully saturated rings. The number of amides is 3. The summed E-state index contributed by atoms with van der Waals surface area (Å²) in [5.74, 6) is -0.285. The fourth-order valence-corrected chi connectivity index (χ4v) is 3.55. The van der Waals surface area contributed by atoms with Crippen LogP contribution in [0.2, 0.25) is 0 Å². The van der Waals surface area contributed by atoms with Crippen molar-refractivity contribution in [2.75, 3.05) is 26.2 Å². The average Bonchev–Trinajstić information content (AvgIpc) is 3.21. The Morgan fingerprint density at radius 1 is 1.00 bits per heavy atom. The van der Waals surface area contributed by atoms with Gasteiger partial charge in [-0.1, -0.05) is 35.5 Å². The molecule has 1 aromatic carbocycles. The van der Waals surface area contributed by atoms with Crippen molar-refractivity contribution in [1.82, 2.24) is 20.0 Å². The van der Waals surface area contributed by atoms with Crippen LogP contribution < -0.4 is 0 Å². The molecule has 0 spiro atoms. The lowest BCUT2D eigenvalue weighted by Gasteiger charge is -2.35. The van der Waals surface area contributed by atoms with E-state index >= 15 is 0 Å². The van der Waals surface area contributed by atoms with Gasteiger partial charge in [-0.05, 0) is 12.5 Å². The summed E-state index contributed by atoms with van der Waals surface area (Å²) < 4.78 is 5.04. The quantitative estimate of drug-likeness (QED) is 0.761. The van der Waals surface area contributed by atoms with E-state index in [0.717, 1.165) is 5.56 Å². The molecule has 4 rings (SSSR count). The summed E-state index contributed by atoms with van der Waals surface area (Å²) in [6, 6.07) is 11.2. The molecule has 0 bridgehead atoms. The molecular weight excluding hydrogens is 386 g/mol. The maximum absolute atomic E-state index is 12.9. The monoisotopic (exact) mass is 409 g/mol. The zero-order valence-corrected chi connectivity index (χ0v) is 16.8. The molecule has 2 aliphatic heterocycles. The first-order valence-corrected chi connectivity index (χ1v) is 9.95. The minimum Gasteiger partial charge on any atom is -0.351 e. The summed E-state index contributed by atoms with van der Waals surface area (Å²) >= 11 is 0. The zero-order chi connectivity index (χ0) is 21.1. The van der Waals surface area contributed by atoms with Gasteiger partial charge in [0.15, 0.2) is 0 Å². The van der Waals surface area contributed by atoms with Crippen LogP contribution in [0.3, 0.4) is 0 Å². The van der Waals surface area contributed by atoms with Gasteiger partial charge in [-0.2, -0.15) is 5.10 Å². The van der Waals surface area contributed by atoms with E-state index in [1.807, 2.05) is 30.3 Å². The Morgan fingerprint density at radius 3 is 2.30 bits per heavy atom. The second-order valence-corrected chi connectivity index (χ2v) is 7.40. The third-order valence-electron chi connectivity index (χ3n) is 5.22. The first kappa shape index (κ1) is 19.8. The first-order chi connectivity index (χ1) is 14.5. The van der Waals surface area contributed by atoms with E-state index in [2.05, 4.69) is 10.3 Å². The van der Waals surface area contributed by atoms with Crippen molar-refractivity contribution in [3.05, 3.63) is 53.4 Å². The molecule has 0 atom stereocenters. The molecule has 30 heavy (non-hydrogen) atoms. The van der Waals surface area contributed by atoms with Crippen molar-refractivity contribution in [2.45, 2.75) is 26.3 Å². The first-order valence-electron chi connectivity index (χ1n) is 9.95. The van der Waals surface area contributed by atoms with Gasteiger partial charge in [0.25, 0.3) is 11.8 Å². The van der Waals surface area contributed by atoms with Gasteiger partial charge in [-0.3, -0.25) is 14.4 Å². The molecule has 0 radical (unpaired) electrons. The highest BCUT2D eigenvalue weighted by Crippen LogP contribution is 2.16. The van der Waals surface area contributed by atoms with E-state index in [4.69, 9.17) is 4.52 Å². The van der Waals surface area contributed by atoms with Gasteiger partial charge in [-0.15, -0.1) is 0 Å². The molecule has 1 aromatic heterocycles. The van der Waals surface area contributed by atoms with Crippen molar-refractivity contribution in [2.24, 2.45) is 5.10 Å². The van der Waals surface area contributed by atoms with Gasteiger partial charge < -0.3 is 14.3 Å². The maximum Gasteiger partial charge on any atom is 0.292 e. The summed E-state index contributed by atoms with van der Waals surface area (Å²) in [7, 11) is 0. The number of aryl methyl sites for hydroxylation is 1. The summed E-state index contributed by atoms with van der Waals surface area (Å²) in [6.07, 6.45) is 0.597. The van der Waals surface area contributed by atoms with Gasteiger partial charge in [0, 0.05) is 45.1 Å². The van der Waals surface area contributed by atoms with Gasteiger partial charge >= 0.3 is 0 Å². The highest BCUT2D eigenvalue weighted by Gasteiger charge is 2.31. The van der Waals surface area contributed by atoms with Crippen LogP contribution in [-0.4, -0.2) is 69.6 Å². The number of nitrogens with zero attached hydrogens (tertiary/aromatic N) is 5. The lowest BCUT2D eigenvalue weighted by molar-refractivity contribution is -0.132. The van der Waals surface area contributed by atoms with Gasteiger partial charge in [0.1, 0.15) is 5.71 Å². The molecule has 0 saturated carbocycles. The predicted molar refractivity (Wildman–Crippen MR) is 107 cm³/mol. The Labute approximate surface area is 173 Å². The van der Waals surface area contributed by atoms with Gasteiger partial charge in [0.2, 0.25) is 11.7 Å². The highest BCUT2D eigenvalue weighted by atomic mass is 16.5. The number of hydrogen-bond acceptors (Lipinski definition) is 6. The molecule has 1 saturated heterocycles. The second-order valence-electron chi connectivity index (χ2n) is 7.40. The number of piperazine rings is 1. The topological polar surface area (TPSA) is 99.3 Å². The molecular formula is C21H23N5O4. The van der Waals surface area contributed by atoms with Crippen LogP contribution in [0.4, 0.5) is 0 Å². The summed E-state index contributed by atoms with van der Waals surface area (Å²) in [6.45, 7) is 3.73. The molecule has 9 heteroatoms. The zero-order valence-electron chi connectivity index (χ0n) is 16.8. The third kappa shape index (κ3) is 4.24.